The number of carbonyl (C=O) groups is 1. The number of imidazole rings is 1. The maximum absolute atomic E-state index is 10.4. The minimum Gasteiger partial charge on any atom is -0.448 e. The van der Waals surface area contributed by atoms with Crippen LogP contribution in [-0.4, -0.2) is 27.2 Å². The second-order valence-corrected chi connectivity index (χ2v) is 4.10. The summed E-state index contributed by atoms with van der Waals surface area (Å²) in [5.74, 6) is 0. The Labute approximate surface area is 106 Å². The second-order valence-electron chi connectivity index (χ2n) is 3.27. The highest BCUT2D eigenvalue weighted by Crippen LogP contribution is 2.16. The molecule has 0 saturated carbocycles. The zero-order valence-corrected chi connectivity index (χ0v) is 10.2. The Bertz CT molecular complexity index is 621. The number of hydrogen-bond donors (Lipinski definition) is 2. The van der Waals surface area contributed by atoms with Crippen molar-refractivity contribution in [2.75, 3.05) is 6.61 Å². The molecule has 3 N–H and O–H groups in total. The Balaban J connectivity index is 2.30. The molecule has 0 saturated heterocycles. The van der Waals surface area contributed by atoms with Crippen LogP contribution in [0.1, 0.15) is 0 Å². The van der Waals surface area contributed by atoms with Crippen LogP contribution in [0, 0.1) is 4.77 Å². The van der Waals surface area contributed by atoms with Crippen molar-refractivity contribution in [2.24, 2.45) is 5.73 Å². The van der Waals surface area contributed by atoms with Gasteiger partial charge in [-0.05, 0) is 18.3 Å². The maximum atomic E-state index is 10.4. The number of nitrogens with two attached hydrogens (primary N) is 1. The second kappa shape index (κ2) is 4.72. The molecule has 0 radical (unpaired) electrons. The SMILES string of the molecule is NC(=O)OCCn1c(=S)[nH]c2cc(Cl)cnc21. The van der Waals surface area contributed by atoms with E-state index in [1.54, 1.807) is 10.6 Å². The first-order valence-electron chi connectivity index (χ1n) is 4.74. The molecule has 0 bridgehead atoms. The average molecular weight is 273 g/mol. The van der Waals surface area contributed by atoms with Crippen LogP contribution in [0.4, 0.5) is 4.79 Å². The van der Waals surface area contributed by atoms with Crippen molar-refractivity contribution >= 4 is 41.1 Å². The number of carbonyl (C=O) groups excluding carboxylic acids is 1. The Morgan fingerprint density at radius 2 is 2.47 bits per heavy atom. The van der Waals surface area contributed by atoms with Gasteiger partial charge in [-0.25, -0.2) is 9.78 Å². The van der Waals surface area contributed by atoms with Crippen LogP contribution >= 0.6 is 23.8 Å². The van der Waals surface area contributed by atoms with E-state index in [0.29, 0.717) is 22.0 Å². The number of halogens is 1. The lowest BCUT2D eigenvalue weighted by molar-refractivity contribution is 0.152. The van der Waals surface area contributed by atoms with Crippen LogP contribution in [0.2, 0.25) is 5.02 Å². The van der Waals surface area contributed by atoms with E-state index in [4.69, 9.17) is 29.6 Å². The number of rotatable bonds is 3. The highest BCUT2D eigenvalue weighted by molar-refractivity contribution is 7.71. The van der Waals surface area contributed by atoms with Crippen molar-refractivity contribution in [1.82, 2.24) is 14.5 Å². The number of ether oxygens (including phenoxy) is 1. The molecule has 1 amide bonds. The van der Waals surface area contributed by atoms with E-state index in [-0.39, 0.29) is 6.61 Å². The largest absolute Gasteiger partial charge is 0.448 e. The average Bonchev–Trinajstić information content (AvgIpc) is 2.54. The fourth-order valence-corrected chi connectivity index (χ4v) is 1.91. The number of pyridine rings is 1. The number of aromatic amines is 1. The number of primary amides is 1. The molecule has 0 atom stereocenters. The molecule has 0 fully saturated rings. The van der Waals surface area contributed by atoms with Crippen molar-refractivity contribution in [3.8, 4) is 0 Å². The first-order chi connectivity index (χ1) is 8.08. The first kappa shape index (κ1) is 11.9. The summed E-state index contributed by atoms with van der Waals surface area (Å²) in [6.45, 7) is 0.525. The molecule has 0 aliphatic carbocycles. The summed E-state index contributed by atoms with van der Waals surface area (Å²) >= 11 is 10.9. The summed E-state index contributed by atoms with van der Waals surface area (Å²) in [6.07, 6.45) is 0.713. The van der Waals surface area contributed by atoms with Gasteiger partial charge < -0.3 is 15.5 Å². The van der Waals surface area contributed by atoms with Gasteiger partial charge in [0.1, 0.15) is 6.61 Å². The van der Waals surface area contributed by atoms with Crippen LogP contribution in [-0.2, 0) is 11.3 Å². The lowest BCUT2D eigenvalue weighted by Gasteiger charge is -2.03. The molecular weight excluding hydrogens is 264 g/mol. The summed E-state index contributed by atoms with van der Waals surface area (Å²) in [5.41, 5.74) is 6.26. The number of nitrogens with one attached hydrogen (secondary N) is 1. The van der Waals surface area contributed by atoms with E-state index in [1.807, 2.05) is 0 Å². The number of hydrogen-bond acceptors (Lipinski definition) is 4. The molecule has 2 heterocycles. The smallest absolute Gasteiger partial charge is 0.404 e. The van der Waals surface area contributed by atoms with Gasteiger partial charge in [0.2, 0.25) is 0 Å². The molecule has 2 aromatic rings. The molecule has 90 valence electrons. The molecule has 0 aromatic carbocycles. The predicted octanol–water partition coefficient (Wildman–Crippen LogP) is 1.84. The summed E-state index contributed by atoms with van der Waals surface area (Å²) in [6, 6.07) is 1.73. The molecule has 2 rings (SSSR count). The third kappa shape index (κ3) is 2.56. The summed E-state index contributed by atoms with van der Waals surface area (Å²) in [5, 5.41) is 0.522. The van der Waals surface area contributed by atoms with Crippen LogP contribution in [0.5, 0.6) is 0 Å². The van der Waals surface area contributed by atoms with Crippen LogP contribution in [0.3, 0.4) is 0 Å². The number of nitrogens with zero attached hydrogens (tertiary/aromatic N) is 2. The maximum Gasteiger partial charge on any atom is 0.404 e. The van der Waals surface area contributed by atoms with E-state index in [9.17, 15) is 4.79 Å². The zero-order chi connectivity index (χ0) is 12.4. The molecule has 17 heavy (non-hydrogen) atoms. The zero-order valence-electron chi connectivity index (χ0n) is 8.64. The molecule has 0 spiro atoms. The molecule has 6 nitrogen and oxygen atoms in total. The molecular formula is C9H9ClN4O2S. The van der Waals surface area contributed by atoms with Gasteiger partial charge >= 0.3 is 6.09 Å². The number of amides is 1. The Kier molecular flexibility index (Phi) is 3.30. The van der Waals surface area contributed by atoms with Crippen molar-refractivity contribution in [3.05, 3.63) is 22.1 Å². The molecule has 0 unspecified atom stereocenters. The Morgan fingerprint density at radius 3 is 3.18 bits per heavy atom. The van der Waals surface area contributed by atoms with Crippen molar-refractivity contribution in [3.63, 3.8) is 0 Å². The molecule has 0 aliphatic rings. The highest BCUT2D eigenvalue weighted by Gasteiger charge is 2.06. The Hall–Kier alpha value is -1.60. The van der Waals surface area contributed by atoms with Gasteiger partial charge in [-0.2, -0.15) is 0 Å². The van der Waals surface area contributed by atoms with Crippen LogP contribution in [0.25, 0.3) is 11.2 Å². The highest BCUT2D eigenvalue weighted by atomic mass is 35.5. The van der Waals surface area contributed by atoms with Crippen LogP contribution in [0.15, 0.2) is 12.3 Å². The molecule has 8 heteroatoms. The van der Waals surface area contributed by atoms with E-state index in [1.165, 1.54) is 6.20 Å². The fraction of sp³-hybridized carbons (Fsp3) is 0.222. The van der Waals surface area contributed by atoms with Gasteiger partial charge in [-0.1, -0.05) is 11.6 Å². The van der Waals surface area contributed by atoms with Gasteiger partial charge in [0, 0.05) is 6.20 Å². The minimum atomic E-state index is -0.813. The first-order valence-corrected chi connectivity index (χ1v) is 5.53. The summed E-state index contributed by atoms with van der Waals surface area (Å²) in [7, 11) is 0. The van der Waals surface area contributed by atoms with Gasteiger partial charge in [0.05, 0.1) is 17.1 Å². The van der Waals surface area contributed by atoms with E-state index < -0.39 is 6.09 Å². The van der Waals surface area contributed by atoms with Gasteiger partial charge in [-0.3, -0.25) is 4.57 Å². The van der Waals surface area contributed by atoms with Crippen molar-refractivity contribution < 1.29 is 9.53 Å². The lowest BCUT2D eigenvalue weighted by Crippen LogP contribution is -2.16. The molecule has 0 aliphatic heterocycles. The lowest BCUT2D eigenvalue weighted by atomic mass is 10.4. The number of aromatic nitrogens is 3. The summed E-state index contributed by atoms with van der Waals surface area (Å²) in [4.78, 5) is 17.6. The van der Waals surface area contributed by atoms with Gasteiger partial charge in [0.25, 0.3) is 0 Å². The van der Waals surface area contributed by atoms with Crippen molar-refractivity contribution in [1.29, 1.82) is 0 Å². The fourth-order valence-electron chi connectivity index (χ4n) is 1.46. The normalized spacial score (nSPS) is 10.6. The van der Waals surface area contributed by atoms with E-state index in [0.717, 1.165) is 5.52 Å². The monoisotopic (exact) mass is 272 g/mol. The third-order valence-corrected chi connectivity index (χ3v) is 2.66. The molecule has 2 aromatic heterocycles. The van der Waals surface area contributed by atoms with E-state index in [2.05, 4.69) is 14.7 Å². The minimum absolute atomic E-state index is 0.140. The third-order valence-electron chi connectivity index (χ3n) is 2.13. The van der Waals surface area contributed by atoms with Crippen molar-refractivity contribution in [2.45, 2.75) is 6.54 Å². The standard InChI is InChI=1S/C9H9ClN4O2S/c10-5-3-6-7(12-4-5)14(9(17)13-6)1-2-16-8(11)15/h3-4H,1-2H2,(H2,11,15)(H,13,17). The number of fused-ring (bicyclic) bond motifs is 1. The quantitative estimate of drug-likeness (QED) is 0.835. The van der Waals surface area contributed by atoms with Gasteiger partial charge in [-0.15, -0.1) is 0 Å². The number of H-pyrrole nitrogens is 1. The predicted molar refractivity (Wildman–Crippen MR) is 65.5 cm³/mol. The van der Waals surface area contributed by atoms with Crippen LogP contribution < -0.4 is 5.73 Å². The Morgan fingerprint density at radius 1 is 1.71 bits per heavy atom. The van der Waals surface area contributed by atoms with Gasteiger partial charge in [0.15, 0.2) is 10.4 Å². The topological polar surface area (TPSA) is 85.9 Å². The van der Waals surface area contributed by atoms with E-state index >= 15 is 0 Å². The summed E-state index contributed by atoms with van der Waals surface area (Å²) < 4.78 is 6.85.